The van der Waals surface area contributed by atoms with Crippen molar-refractivity contribution in [3.63, 3.8) is 0 Å². The molecule has 0 amide bonds. The monoisotopic (exact) mass is 325 g/mol. The molecule has 1 aromatic heterocycles. The Labute approximate surface area is 142 Å². The molecule has 0 fully saturated rings. The van der Waals surface area contributed by atoms with E-state index >= 15 is 0 Å². The van der Waals surface area contributed by atoms with Crippen LogP contribution in [0, 0.1) is 5.92 Å². The lowest BCUT2D eigenvalue weighted by Crippen LogP contribution is -2.24. The molecule has 24 heavy (non-hydrogen) atoms. The van der Waals surface area contributed by atoms with E-state index in [9.17, 15) is 0 Å². The first-order valence-electron chi connectivity index (χ1n) is 8.63. The van der Waals surface area contributed by atoms with Crippen LogP contribution in [0.5, 0.6) is 11.5 Å². The van der Waals surface area contributed by atoms with Crippen molar-refractivity contribution in [1.82, 2.24) is 9.97 Å². The number of nitrogens with one attached hydrogen (secondary N) is 1. The topological polar surface area (TPSA) is 56.3 Å². The molecular weight excluding hydrogens is 302 g/mol. The summed E-state index contributed by atoms with van der Waals surface area (Å²) in [5.74, 6) is 4.14. The first-order valence-corrected chi connectivity index (χ1v) is 8.63. The van der Waals surface area contributed by atoms with Gasteiger partial charge in [-0.25, -0.2) is 9.97 Å². The fourth-order valence-corrected chi connectivity index (χ4v) is 3.71. The number of benzene rings is 1. The molecule has 4 rings (SSSR count). The van der Waals surface area contributed by atoms with Crippen LogP contribution in [-0.4, -0.2) is 30.7 Å². The molecule has 0 bridgehead atoms. The van der Waals surface area contributed by atoms with Gasteiger partial charge in [0.05, 0.1) is 13.7 Å². The van der Waals surface area contributed by atoms with E-state index in [2.05, 4.69) is 11.4 Å². The van der Waals surface area contributed by atoms with Gasteiger partial charge in [-0.1, -0.05) is 6.07 Å². The molecule has 5 heteroatoms. The van der Waals surface area contributed by atoms with Crippen molar-refractivity contribution in [3.05, 3.63) is 40.8 Å². The Bertz CT molecular complexity index is 761. The van der Waals surface area contributed by atoms with Crippen LogP contribution in [0.15, 0.2) is 18.2 Å². The summed E-state index contributed by atoms with van der Waals surface area (Å²) in [7, 11) is 3.62. The third kappa shape index (κ3) is 2.79. The van der Waals surface area contributed by atoms with E-state index in [-0.39, 0.29) is 0 Å². The number of hydrogen-bond donors (Lipinski definition) is 1. The number of fused-ring (bicyclic) bond motifs is 2. The van der Waals surface area contributed by atoms with Crippen molar-refractivity contribution in [2.75, 3.05) is 26.1 Å². The van der Waals surface area contributed by atoms with Crippen molar-refractivity contribution in [3.8, 4) is 11.5 Å². The van der Waals surface area contributed by atoms with E-state index < -0.39 is 0 Å². The van der Waals surface area contributed by atoms with E-state index in [0.717, 1.165) is 48.8 Å². The summed E-state index contributed by atoms with van der Waals surface area (Å²) in [5.41, 5.74) is 3.77. The summed E-state index contributed by atoms with van der Waals surface area (Å²) in [6.45, 7) is 0.704. The average molecular weight is 325 g/mol. The van der Waals surface area contributed by atoms with Gasteiger partial charge in [-0.2, -0.15) is 0 Å². The van der Waals surface area contributed by atoms with Gasteiger partial charge in [0.25, 0.3) is 0 Å². The first-order chi connectivity index (χ1) is 11.8. The molecule has 126 valence electrons. The summed E-state index contributed by atoms with van der Waals surface area (Å²) in [5, 5.41) is 3.24. The van der Waals surface area contributed by atoms with Gasteiger partial charge >= 0.3 is 0 Å². The molecule has 5 nitrogen and oxygen atoms in total. The predicted molar refractivity (Wildman–Crippen MR) is 93.0 cm³/mol. The third-order valence-electron chi connectivity index (χ3n) is 4.94. The molecule has 0 saturated heterocycles. The second-order valence-electron chi connectivity index (χ2n) is 6.58. The lowest BCUT2D eigenvalue weighted by atomic mass is 9.93. The van der Waals surface area contributed by atoms with Crippen molar-refractivity contribution >= 4 is 5.82 Å². The molecule has 1 aromatic carbocycles. The SMILES string of the molecule is CNc1nc(C[C@@H]2COc3cc(OC)ccc3C2)nc2c1CCC2. The van der Waals surface area contributed by atoms with Crippen LogP contribution in [0.1, 0.15) is 29.1 Å². The Morgan fingerprint density at radius 1 is 1.29 bits per heavy atom. The van der Waals surface area contributed by atoms with Crippen LogP contribution in [0.25, 0.3) is 0 Å². The zero-order valence-corrected chi connectivity index (χ0v) is 14.3. The zero-order chi connectivity index (χ0) is 16.5. The fraction of sp³-hybridized carbons (Fsp3) is 0.474. The summed E-state index contributed by atoms with van der Waals surface area (Å²) in [6.07, 6.45) is 5.20. The van der Waals surface area contributed by atoms with Gasteiger partial charge in [0.2, 0.25) is 0 Å². The average Bonchev–Trinajstić information content (AvgIpc) is 3.09. The van der Waals surface area contributed by atoms with Crippen molar-refractivity contribution in [1.29, 1.82) is 0 Å². The summed E-state index contributed by atoms with van der Waals surface area (Å²) >= 11 is 0. The van der Waals surface area contributed by atoms with Crippen LogP contribution in [0.3, 0.4) is 0 Å². The lowest BCUT2D eigenvalue weighted by Gasteiger charge is -2.25. The maximum Gasteiger partial charge on any atom is 0.132 e. The molecular formula is C19H23N3O2. The third-order valence-corrected chi connectivity index (χ3v) is 4.94. The second-order valence-corrected chi connectivity index (χ2v) is 6.58. The Morgan fingerprint density at radius 2 is 2.21 bits per heavy atom. The first kappa shape index (κ1) is 15.2. The predicted octanol–water partition coefficient (Wildman–Crippen LogP) is 2.81. The normalized spacial score (nSPS) is 18.5. The number of ether oxygens (including phenoxy) is 2. The number of aryl methyl sites for hydroxylation is 1. The van der Waals surface area contributed by atoms with E-state index in [1.165, 1.54) is 23.2 Å². The summed E-state index contributed by atoms with van der Waals surface area (Å²) in [4.78, 5) is 9.56. The van der Waals surface area contributed by atoms with Crippen molar-refractivity contribution in [2.45, 2.75) is 32.1 Å². The summed E-state index contributed by atoms with van der Waals surface area (Å²) < 4.78 is 11.2. The highest BCUT2D eigenvalue weighted by Gasteiger charge is 2.24. The summed E-state index contributed by atoms with van der Waals surface area (Å²) in [6, 6.07) is 6.06. The van der Waals surface area contributed by atoms with Crippen LogP contribution >= 0.6 is 0 Å². The van der Waals surface area contributed by atoms with Crippen LogP contribution < -0.4 is 14.8 Å². The molecule has 2 aliphatic rings. The molecule has 1 N–H and O–H groups in total. The minimum Gasteiger partial charge on any atom is -0.497 e. The van der Waals surface area contributed by atoms with Crippen LogP contribution in [0.2, 0.25) is 0 Å². The van der Waals surface area contributed by atoms with Gasteiger partial charge in [-0.3, -0.25) is 0 Å². The molecule has 0 spiro atoms. The van der Waals surface area contributed by atoms with Gasteiger partial charge in [0.15, 0.2) is 0 Å². The Hall–Kier alpha value is -2.30. The molecule has 2 heterocycles. The van der Waals surface area contributed by atoms with E-state index in [1.807, 2.05) is 19.2 Å². The quantitative estimate of drug-likeness (QED) is 0.937. The minimum absolute atomic E-state index is 0.412. The Kier molecular flexibility index (Phi) is 4.00. The van der Waals surface area contributed by atoms with Gasteiger partial charge in [0, 0.05) is 36.7 Å². The van der Waals surface area contributed by atoms with Crippen LogP contribution in [0.4, 0.5) is 5.82 Å². The second kappa shape index (κ2) is 6.30. The maximum atomic E-state index is 5.95. The Balaban J connectivity index is 1.52. The van der Waals surface area contributed by atoms with E-state index in [1.54, 1.807) is 7.11 Å². The van der Waals surface area contributed by atoms with Crippen molar-refractivity contribution in [2.24, 2.45) is 5.92 Å². The van der Waals surface area contributed by atoms with E-state index in [4.69, 9.17) is 19.4 Å². The molecule has 1 aliphatic carbocycles. The smallest absolute Gasteiger partial charge is 0.132 e. The van der Waals surface area contributed by atoms with Crippen LogP contribution in [-0.2, 0) is 25.7 Å². The van der Waals surface area contributed by atoms with Crippen molar-refractivity contribution < 1.29 is 9.47 Å². The molecule has 1 aliphatic heterocycles. The number of anilines is 1. The van der Waals surface area contributed by atoms with Gasteiger partial charge in [-0.05, 0) is 37.3 Å². The lowest BCUT2D eigenvalue weighted by molar-refractivity contribution is 0.218. The van der Waals surface area contributed by atoms with Gasteiger partial charge in [0.1, 0.15) is 23.1 Å². The van der Waals surface area contributed by atoms with Gasteiger partial charge < -0.3 is 14.8 Å². The number of nitrogens with zero attached hydrogens (tertiary/aromatic N) is 2. The molecule has 0 saturated carbocycles. The highest BCUT2D eigenvalue weighted by atomic mass is 16.5. The van der Waals surface area contributed by atoms with E-state index in [0.29, 0.717) is 12.5 Å². The minimum atomic E-state index is 0.412. The number of methoxy groups -OCH3 is 1. The molecule has 0 radical (unpaired) electrons. The fourth-order valence-electron chi connectivity index (χ4n) is 3.71. The number of rotatable bonds is 4. The zero-order valence-electron chi connectivity index (χ0n) is 14.3. The number of aromatic nitrogens is 2. The Morgan fingerprint density at radius 3 is 3.04 bits per heavy atom. The standard InChI is InChI=1S/C19H23N3O2/c1-20-19-15-4-3-5-16(15)21-18(22-19)9-12-8-13-6-7-14(23-2)10-17(13)24-11-12/h6-7,10,12H,3-5,8-9,11H2,1-2H3,(H,20,21,22)/t12-/m1/s1. The molecule has 0 unspecified atom stereocenters. The maximum absolute atomic E-state index is 5.95. The number of hydrogen-bond acceptors (Lipinski definition) is 5. The van der Waals surface area contributed by atoms with Gasteiger partial charge in [-0.15, -0.1) is 0 Å². The highest BCUT2D eigenvalue weighted by Crippen LogP contribution is 2.32. The molecule has 1 atom stereocenters. The largest absolute Gasteiger partial charge is 0.497 e. The highest BCUT2D eigenvalue weighted by molar-refractivity contribution is 5.48. The molecule has 2 aromatic rings.